The van der Waals surface area contributed by atoms with Gasteiger partial charge in [0.1, 0.15) is 6.04 Å². The van der Waals surface area contributed by atoms with Gasteiger partial charge in [-0.1, -0.05) is 0 Å². The third kappa shape index (κ3) is 3.10. The fraction of sp³-hybridized carbons (Fsp3) is 0.550. The van der Waals surface area contributed by atoms with Gasteiger partial charge in [-0.25, -0.2) is 0 Å². The van der Waals surface area contributed by atoms with Crippen molar-refractivity contribution in [3.8, 4) is 0 Å². The van der Waals surface area contributed by atoms with Gasteiger partial charge in [0.05, 0.1) is 0 Å². The lowest BCUT2D eigenvalue weighted by molar-refractivity contribution is -0.136. The number of carbonyl (C=O) groups excluding carboxylic acids is 3. The first-order valence-corrected chi connectivity index (χ1v) is 9.67. The first kappa shape index (κ1) is 18.0. The summed E-state index contributed by atoms with van der Waals surface area (Å²) >= 11 is 0. The number of fused-ring (bicyclic) bond motifs is 1. The number of anilines is 1. The Hall–Kier alpha value is -2.41. The number of rotatable bonds is 4. The normalized spacial score (nSPS) is 27.7. The van der Waals surface area contributed by atoms with Crippen molar-refractivity contribution in [3.05, 3.63) is 29.3 Å². The molecule has 1 aliphatic carbocycles. The predicted octanol–water partition coefficient (Wildman–Crippen LogP) is 1.02. The van der Waals surface area contributed by atoms with Gasteiger partial charge < -0.3 is 15.1 Å². The Morgan fingerprint density at radius 3 is 2.74 bits per heavy atom. The molecule has 2 heterocycles. The zero-order chi connectivity index (χ0) is 19.1. The molecule has 0 aromatic heterocycles. The SMILES string of the molecule is CN[C@H]1CCC[C@H]1N(C)c1ccc2c(c1)CN(C1CCC(=O)NC1=O)C2=O. The van der Waals surface area contributed by atoms with Gasteiger partial charge in [0.25, 0.3) is 5.91 Å². The van der Waals surface area contributed by atoms with Crippen LogP contribution in [-0.2, 0) is 16.1 Å². The molecule has 2 fully saturated rings. The Kier molecular flexibility index (Phi) is 4.63. The summed E-state index contributed by atoms with van der Waals surface area (Å²) in [6.07, 6.45) is 4.21. The molecule has 0 bridgehead atoms. The highest BCUT2D eigenvalue weighted by Crippen LogP contribution is 2.33. The van der Waals surface area contributed by atoms with Crippen molar-refractivity contribution in [1.82, 2.24) is 15.5 Å². The topological polar surface area (TPSA) is 81.8 Å². The fourth-order valence-electron chi connectivity index (χ4n) is 4.71. The first-order valence-electron chi connectivity index (χ1n) is 9.67. The van der Waals surface area contributed by atoms with Crippen LogP contribution in [0.1, 0.15) is 48.0 Å². The number of piperidine rings is 1. The largest absolute Gasteiger partial charge is 0.370 e. The van der Waals surface area contributed by atoms with Gasteiger partial charge in [0, 0.05) is 43.3 Å². The van der Waals surface area contributed by atoms with Gasteiger partial charge in [-0.2, -0.15) is 0 Å². The Bertz CT molecular complexity index is 793. The van der Waals surface area contributed by atoms with Crippen LogP contribution < -0.4 is 15.5 Å². The number of amides is 3. The molecule has 2 aliphatic heterocycles. The van der Waals surface area contributed by atoms with Gasteiger partial charge in [0.2, 0.25) is 11.8 Å². The van der Waals surface area contributed by atoms with Gasteiger partial charge in [-0.05, 0) is 56.5 Å². The molecule has 144 valence electrons. The molecule has 27 heavy (non-hydrogen) atoms. The van der Waals surface area contributed by atoms with E-state index in [1.807, 2.05) is 19.2 Å². The maximum absolute atomic E-state index is 12.8. The van der Waals surface area contributed by atoms with E-state index in [2.05, 4.69) is 28.6 Å². The lowest BCUT2D eigenvalue weighted by Crippen LogP contribution is -2.52. The number of hydrogen-bond acceptors (Lipinski definition) is 5. The third-order valence-corrected chi connectivity index (χ3v) is 6.26. The van der Waals surface area contributed by atoms with Crippen LogP contribution >= 0.6 is 0 Å². The molecular formula is C20H26N4O3. The number of nitrogens with one attached hydrogen (secondary N) is 2. The number of nitrogens with zero attached hydrogens (tertiary/aromatic N) is 2. The van der Waals surface area contributed by atoms with Gasteiger partial charge in [0.15, 0.2) is 0 Å². The molecule has 3 aliphatic rings. The van der Waals surface area contributed by atoms with Crippen molar-refractivity contribution in [2.75, 3.05) is 19.0 Å². The van der Waals surface area contributed by atoms with E-state index in [1.165, 1.54) is 12.8 Å². The second-order valence-electron chi connectivity index (χ2n) is 7.75. The minimum Gasteiger partial charge on any atom is -0.370 e. The van der Waals surface area contributed by atoms with E-state index in [0.29, 0.717) is 30.6 Å². The third-order valence-electron chi connectivity index (χ3n) is 6.26. The van der Waals surface area contributed by atoms with E-state index in [0.717, 1.165) is 17.7 Å². The molecule has 4 rings (SSSR count). The minimum atomic E-state index is -0.563. The highest BCUT2D eigenvalue weighted by Gasteiger charge is 2.39. The monoisotopic (exact) mass is 370 g/mol. The number of benzene rings is 1. The summed E-state index contributed by atoms with van der Waals surface area (Å²) in [5.74, 6) is -0.754. The summed E-state index contributed by atoms with van der Waals surface area (Å²) in [5, 5.41) is 5.75. The molecule has 2 N–H and O–H groups in total. The molecule has 1 aromatic carbocycles. The Balaban J connectivity index is 1.54. The molecule has 1 aromatic rings. The standard InChI is InChI=1S/C20H26N4O3/c1-21-15-4-3-5-16(15)23(2)13-6-7-14-12(10-13)11-24(20(14)27)17-8-9-18(25)22-19(17)26/h6-7,10,15-17,21H,3-5,8-9,11H2,1-2H3,(H,22,25,26)/t15-,16+,17?/m0/s1. The maximum Gasteiger partial charge on any atom is 0.255 e. The molecule has 0 spiro atoms. The average molecular weight is 370 g/mol. The average Bonchev–Trinajstić information content (AvgIpc) is 3.25. The van der Waals surface area contributed by atoms with Crippen molar-refractivity contribution in [2.24, 2.45) is 0 Å². The van der Waals surface area contributed by atoms with Crippen LogP contribution in [0.5, 0.6) is 0 Å². The molecular weight excluding hydrogens is 344 g/mol. The Morgan fingerprint density at radius 1 is 1.19 bits per heavy atom. The van der Waals surface area contributed by atoms with E-state index in [9.17, 15) is 14.4 Å². The maximum atomic E-state index is 12.8. The lowest BCUT2D eigenvalue weighted by atomic mass is 10.0. The van der Waals surface area contributed by atoms with Crippen LogP contribution in [-0.4, -0.2) is 54.8 Å². The highest BCUT2D eigenvalue weighted by atomic mass is 16.2. The molecule has 1 unspecified atom stereocenters. The zero-order valence-electron chi connectivity index (χ0n) is 15.8. The van der Waals surface area contributed by atoms with Crippen molar-refractivity contribution >= 4 is 23.4 Å². The summed E-state index contributed by atoms with van der Waals surface area (Å²) in [5.41, 5.74) is 2.71. The molecule has 7 nitrogen and oxygen atoms in total. The first-order chi connectivity index (χ1) is 13.0. The quantitative estimate of drug-likeness (QED) is 0.774. The highest BCUT2D eigenvalue weighted by molar-refractivity contribution is 6.05. The van der Waals surface area contributed by atoms with E-state index in [-0.39, 0.29) is 24.1 Å². The van der Waals surface area contributed by atoms with Crippen LogP contribution in [0.15, 0.2) is 18.2 Å². The van der Waals surface area contributed by atoms with Crippen molar-refractivity contribution in [1.29, 1.82) is 0 Å². The fourth-order valence-corrected chi connectivity index (χ4v) is 4.71. The van der Waals surface area contributed by atoms with Crippen LogP contribution in [0.4, 0.5) is 5.69 Å². The predicted molar refractivity (Wildman–Crippen MR) is 101 cm³/mol. The molecule has 0 radical (unpaired) electrons. The summed E-state index contributed by atoms with van der Waals surface area (Å²) in [6, 6.07) is 6.30. The van der Waals surface area contributed by atoms with E-state index < -0.39 is 6.04 Å². The second kappa shape index (κ2) is 6.96. The second-order valence-corrected chi connectivity index (χ2v) is 7.75. The number of likely N-dealkylation sites (N-methyl/N-ethyl adjacent to an activating group) is 2. The van der Waals surface area contributed by atoms with E-state index in [4.69, 9.17) is 0 Å². The van der Waals surface area contributed by atoms with Crippen LogP contribution in [0.3, 0.4) is 0 Å². The number of imide groups is 1. The van der Waals surface area contributed by atoms with E-state index in [1.54, 1.807) is 4.90 Å². The Labute approximate surface area is 159 Å². The molecule has 3 atom stereocenters. The molecule has 7 heteroatoms. The van der Waals surface area contributed by atoms with Gasteiger partial charge in [-0.3, -0.25) is 19.7 Å². The summed E-state index contributed by atoms with van der Waals surface area (Å²) in [4.78, 5) is 40.2. The molecule has 3 amide bonds. The summed E-state index contributed by atoms with van der Waals surface area (Å²) < 4.78 is 0. The van der Waals surface area contributed by atoms with Crippen molar-refractivity contribution in [3.63, 3.8) is 0 Å². The van der Waals surface area contributed by atoms with Crippen LogP contribution in [0.2, 0.25) is 0 Å². The summed E-state index contributed by atoms with van der Waals surface area (Å²) in [6.45, 7) is 0.419. The van der Waals surface area contributed by atoms with E-state index >= 15 is 0 Å². The van der Waals surface area contributed by atoms with Crippen molar-refractivity contribution < 1.29 is 14.4 Å². The smallest absolute Gasteiger partial charge is 0.255 e. The molecule has 1 saturated heterocycles. The van der Waals surface area contributed by atoms with Crippen LogP contribution in [0.25, 0.3) is 0 Å². The van der Waals surface area contributed by atoms with Gasteiger partial charge in [-0.15, -0.1) is 0 Å². The summed E-state index contributed by atoms with van der Waals surface area (Å²) in [7, 11) is 4.12. The number of hydrogen-bond donors (Lipinski definition) is 2. The van der Waals surface area contributed by atoms with Crippen LogP contribution in [0, 0.1) is 0 Å². The Morgan fingerprint density at radius 2 is 2.00 bits per heavy atom. The minimum absolute atomic E-state index is 0.123. The zero-order valence-corrected chi connectivity index (χ0v) is 15.8. The molecule has 1 saturated carbocycles. The lowest BCUT2D eigenvalue weighted by Gasteiger charge is -2.31. The van der Waals surface area contributed by atoms with Crippen molar-refractivity contribution in [2.45, 2.75) is 56.8 Å². The van der Waals surface area contributed by atoms with Gasteiger partial charge >= 0.3 is 0 Å². The number of carbonyl (C=O) groups is 3.